The van der Waals surface area contributed by atoms with Gasteiger partial charge in [-0.25, -0.2) is 0 Å². The van der Waals surface area contributed by atoms with E-state index in [2.05, 4.69) is 56.1 Å². The van der Waals surface area contributed by atoms with Crippen LogP contribution in [0, 0.1) is 12.8 Å². The van der Waals surface area contributed by atoms with E-state index in [1.54, 1.807) is 0 Å². The minimum absolute atomic E-state index is 0.515. The number of nitrogens with one attached hydrogen (secondary N) is 1. The van der Waals surface area contributed by atoms with Crippen molar-refractivity contribution in [3.8, 4) is 0 Å². The lowest BCUT2D eigenvalue weighted by Crippen LogP contribution is -2.22. The van der Waals surface area contributed by atoms with Crippen LogP contribution in [0.2, 0.25) is 0 Å². The van der Waals surface area contributed by atoms with Crippen molar-refractivity contribution < 1.29 is 0 Å². The predicted molar refractivity (Wildman–Crippen MR) is 80.5 cm³/mol. The highest BCUT2D eigenvalue weighted by molar-refractivity contribution is 5.60. The highest BCUT2D eigenvalue weighted by Gasteiger charge is 2.14. The van der Waals surface area contributed by atoms with Crippen molar-refractivity contribution in [3.63, 3.8) is 0 Å². The molecule has 0 spiro atoms. The molecule has 0 radical (unpaired) electrons. The summed E-state index contributed by atoms with van der Waals surface area (Å²) in [5.74, 6) is 0.655. The molecule has 0 amide bonds. The van der Waals surface area contributed by atoms with Gasteiger partial charge in [-0.05, 0) is 56.4 Å². The van der Waals surface area contributed by atoms with Crippen molar-refractivity contribution in [2.24, 2.45) is 5.92 Å². The molecule has 0 aromatic heterocycles. The fourth-order valence-electron chi connectivity index (χ4n) is 2.39. The number of rotatable bonds is 4. The molecule has 1 fully saturated rings. The van der Waals surface area contributed by atoms with E-state index in [0.29, 0.717) is 12.0 Å². The van der Waals surface area contributed by atoms with Crippen LogP contribution >= 0.6 is 0 Å². The lowest BCUT2D eigenvalue weighted by Gasteiger charge is -2.23. The zero-order chi connectivity index (χ0) is 13.1. The van der Waals surface area contributed by atoms with Gasteiger partial charge in [-0.3, -0.25) is 0 Å². The Morgan fingerprint density at radius 2 is 1.78 bits per heavy atom. The van der Waals surface area contributed by atoms with E-state index in [9.17, 15) is 0 Å². The van der Waals surface area contributed by atoms with E-state index in [1.807, 2.05) is 0 Å². The van der Waals surface area contributed by atoms with Crippen LogP contribution in [0.5, 0.6) is 0 Å². The fraction of sp³-hybridized carbons (Fsp3) is 0.625. The lowest BCUT2D eigenvalue weighted by molar-refractivity contribution is 0.560. The van der Waals surface area contributed by atoms with Crippen molar-refractivity contribution in [1.29, 1.82) is 0 Å². The Morgan fingerprint density at radius 1 is 1.11 bits per heavy atom. The van der Waals surface area contributed by atoms with Crippen LogP contribution in [0.1, 0.15) is 39.2 Å². The molecular formula is C16H26N2. The molecule has 1 atom stereocenters. The largest absolute Gasteiger partial charge is 0.382 e. The minimum atomic E-state index is 0.515. The van der Waals surface area contributed by atoms with E-state index in [-0.39, 0.29) is 0 Å². The minimum Gasteiger partial charge on any atom is -0.382 e. The van der Waals surface area contributed by atoms with E-state index in [1.165, 1.54) is 42.9 Å². The number of nitrogens with zero attached hydrogens (tertiary/aromatic N) is 1. The average Bonchev–Trinajstić information content (AvgIpc) is 2.85. The van der Waals surface area contributed by atoms with Gasteiger partial charge in [-0.15, -0.1) is 0 Å². The van der Waals surface area contributed by atoms with E-state index in [0.717, 1.165) is 0 Å². The molecule has 2 heteroatoms. The van der Waals surface area contributed by atoms with Crippen LogP contribution in [-0.2, 0) is 0 Å². The number of aryl methyl sites for hydroxylation is 1. The molecule has 1 aromatic carbocycles. The normalized spacial score (nSPS) is 17.3. The standard InChI is InChI=1S/C16H26N2/c1-12(2)14(4)17-16-8-7-15(11-13(16)3)18-9-5-6-10-18/h7-8,11-12,14,17H,5-6,9-10H2,1-4H3. The Balaban J connectivity index is 2.09. The molecule has 18 heavy (non-hydrogen) atoms. The van der Waals surface area contributed by atoms with Gasteiger partial charge in [0.25, 0.3) is 0 Å². The third-order valence-corrected chi connectivity index (χ3v) is 4.06. The van der Waals surface area contributed by atoms with Gasteiger partial charge in [0.2, 0.25) is 0 Å². The zero-order valence-electron chi connectivity index (χ0n) is 12.2. The summed E-state index contributed by atoms with van der Waals surface area (Å²) in [6, 6.07) is 7.33. The van der Waals surface area contributed by atoms with Gasteiger partial charge in [0.05, 0.1) is 0 Å². The van der Waals surface area contributed by atoms with Gasteiger partial charge in [-0.2, -0.15) is 0 Å². The highest BCUT2D eigenvalue weighted by Crippen LogP contribution is 2.26. The topological polar surface area (TPSA) is 15.3 Å². The summed E-state index contributed by atoms with van der Waals surface area (Å²) in [5, 5.41) is 3.61. The predicted octanol–water partition coefficient (Wildman–Crippen LogP) is 4.05. The van der Waals surface area contributed by atoms with Crippen molar-refractivity contribution >= 4 is 11.4 Å². The summed E-state index contributed by atoms with van der Waals surface area (Å²) in [6.07, 6.45) is 2.67. The molecule has 1 N–H and O–H groups in total. The molecule has 1 unspecified atom stereocenters. The van der Waals surface area contributed by atoms with Gasteiger partial charge in [0.15, 0.2) is 0 Å². The summed E-state index contributed by atoms with van der Waals surface area (Å²) in [5.41, 5.74) is 4.01. The molecule has 1 aliphatic heterocycles. The maximum atomic E-state index is 3.61. The molecule has 1 heterocycles. The molecule has 2 nitrogen and oxygen atoms in total. The zero-order valence-corrected chi connectivity index (χ0v) is 12.2. The molecular weight excluding hydrogens is 220 g/mol. The third-order valence-electron chi connectivity index (χ3n) is 4.06. The summed E-state index contributed by atoms with van der Waals surface area (Å²) in [7, 11) is 0. The second kappa shape index (κ2) is 5.64. The van der Waals surface area contributed by atoms with Crippen molar-refractivity contribution in [2.75, 3.05) is 23.3 Å². The van der Waals surface area contributed by atoms with Crippen LogP contribution in [-0.4, -0.2) is 19.1 Å². The molecule has 0 saturated carbocycles. The van der Waals surface area contributed by atoms with Crippen LogP contribution in [0.15, 0.2) is 18.2 Å². The third kappa shape index (κ3) is 2.98. The first-order valence-corrected chi connectivity index (χ1v) is 7.20. The maximum Gasteiger partial charge on any atom is 0.0373 e. The van der Waals surface area contributed by atoms with E-state index < -0.39 is 0 Å². The molecule has 0 bridgehead atoms. The number of benzene rings is 1. The first-order valence-electron chi connectivity index (χ1n) is 7.20. The number of hydrogen-bond donors (Lipinski definition) is 1. The van der Waals surface area contributed by atoms with Gasteiger partial charge in [0, 0.05) is 30.5 Å². The maximum absolute atomic E-state index is 3.61. The first-order chi connectivity index (χ1) is 8.58. The quantitative estimate of drug-likeness (QED) is 0.862. The van der Waals surface area contributed by atoms with Crippen LogP contribution in [0.3, 0.4) is 0 Å². The number of hydrogen-bond acceptors (Lipinski definition) is 2. The second-order valence-electron chi connectivity index (χ2n) is 5.87. The molecule has 2 rings (SSSR count). The Labute approximate surface area is 111 Å². The molecule has 1 aromatic rings. The van der Waals surface area contributed by atoms with Gasteiger partial charge in [-0.1, -0.05) is 13.8 Å². The van der Waals surface area contributed by atoms with Gasteiger partial charge < -0.3 is 10.2 Å². The summed E-state index contributed by atoms with van der Waals surface area (Å²) < 4.78 is 0. The summed E-state index contributed by atoms with van der Waals surface area (Å²) >= 11 is 0. The molecule has 1 saturated heterocycles. The molecule has 0 aliphatic carbocycles. The Kier molecular flexibility index (Phi) is 4.15. The molecule has 1 aliphatic rings. The second-order valence-corrected chi connectivity index (χ2v) is 5.87. The van der Waals surface area contributed by atoms with Crippen molar-refractivity contribution in [2.45, 2.75) is 46.6 Å². The number of anilines is 2. The Bertz CT molecular complexity index is 392. The SMILES string of the molecule is Cc1cc(N2CCCC2)ccc1NC(C)C(C)C. The van der Waals surface area contributed by atoms with Gasteiger partial charge >= 0.3 is 0 Å². The van der Waals surface area contributed by atoms with Crippen LogP contribution in [0.25, 0.3) is 0 Å². The highest BCUT2D eigenvalue weighted by atomic mass is 15.1. The fourth-order valence-corrected chi connectivity index (χ4v) is 2.39. The summed E-state index contributed by atoms with van der Waals surface area (Å²) in [4.78, 5) is 2.49. The van der Waals surface area contributed by atoms with Crippen LogP contribution in [0.4, 0.5) is 11.4 Å². The Morgan fingerprint density at radius 3 is 2.33 bits per heavy atom. The average molecular weight is 246 g/mol. The van der Waals surface area contributed by atoms with E-state index in [4.69, 9.17) is 0 Å². The summed E-state index contributed by atoms with van der Waals surface area (Å²) in [6.45, 7) is 11.4. The van der Waals surface area contributed by atoms with Crippen molar-refractivity contribution in [3.05, 3.63) is 23.8 Å². The lowest BCUT2D eigenvalue weighted by atomic mass is 10.1. The van der Waals surface area contributed by atoms with Crippen molar-refractivity contribution in [1.82, 2.24) is 0 Å². The van der Waals surface area contributed by atoms with Crippen LogP contribution < -0.4 is 10.2 Å². The molecule has 100 valence electrons. The smallest absolute Gasteiger partial charge is 0.0373 e. The first kappa shape index (κ1) is 13.3. The monoisotopic (exact) mass is 246 g/mol. The van der Waals surface area contributed by atoms with Gasteiger partial charge in [0.1, 0.15) is 0 Å². The Hall–Kier alpha value is -1.18. The van der Waals surface area contributed by atoms with E-state index >= 15 is 0 Å².